The minimum Gasteiger partial charge on any atom is -0.341 e. The summed E-state index contributed by atoms with van der Waals surface area (Å²) in [6.07, 6.45) is 0.430. The average Bonchev–Trinajstić information content (AvgIpc) is 2.39. The van der Waals surface area contributed by atoms with Gasteiger partial charge >= 0.3 is 0 Å². The van der Waals surface area contributed by atoms with Crippen molar-refractivity contribution in [3.8, 4) is 0 Å². The van der Waals surface area contributed by atoms with E-state index in [1.807, 2.05) is 6.92 Å². The van der Waals surface area contributed by atoms with Gasteiger partial charge in [-0.25, -0.2) is 0 Å². The molecule has 1 rings (SSSR count). The van der Waals surface area contributed by atoms with Crippen molar-refractivity contribution in [1.29, 1.82) is 0 Å². The second-order valence-electron chi connectivity index (χ2n) is 4.28. The molecule has 1 N–H and O–H groups in total. The number of nitrogens with one attached hydrogen (secondary N) is 1. The molecule has 0 aliphatic carbocycles. The first kappa shape index (κ1) is 15.1. The van der Waals surface area contributed by atoms with Gasteiger partial charge in [0.2, 0.25) is 5.91 Å². The van der Waals surface area contributed by atoms with E-state index >= 15 is 0 Å². The minimum atomic E-state index is -0.434. The number of benzene rings is 1. The zero-order valence-corrected chi connectivity index (χ0v) is 11.3. The van der Waals surface area contributed by atoms with E-state index in [0.717, 1.165) is 12.1 Å². The fourth-order valence-electron chi connectivity index (χ4n) is 1.69. The summed E-state index contributed by atoms with van der Waals surface area (Å²) in [5, 5.41) is 13.7. The molecule has 0 aromatic heterocycles. The maximum atomic E-state index is 11.8. The Morgan fingerprint density at radius 3 is 2.84 bits per heavy atom. The number of nitro benzene ring substituents is 1. The molecule has 19 heavy (non-hydrogen) atoms. The Bertz CT molecular complexity index is 449. The molecule has 0 fully saturated rings. The van der Waals surface area contributed by atoms with E-state index in [4.69, 9.17) is 0 Å². The van der Waals surface area contributed by atoms with Crippen LogP contribution in [-0.4, -0.2) is 35.9 Å². The summed E-state index contributed by atoms with van der Waals surface area (Å²) >= 11 is 0. The van der Waals surface area contributed by atoms with Crippen LogP contribution in [0.4, 0.5) is 5.69 Å². The maximum absolute atomic E-state index is 11.8. The first-order valence-electron chi connectivity index (χ1n) is 6.22. The lowest BCUT2D eigenvalue weighted by Gasteiger charge is -2.17. The van der Waals surface area contributed by atoms with Gasteiger partial charge < -0.3 is 10.2 Å². The smallest absolute Gasteiger partial charge is 0.269 e. The van der Waals surface area contributed by atoms with Gasteiger partial charge in [-0.05, 0) is 12.1 Å². The van der Waals surface area contributed by atoms with Crippen LogP contribution in [-0.2, 0) is 11.3 Å². The summed E-state index contributed by atoms with van der Waals surface area (Å²) in [6.45, 7) is 3.85. The van der Waals surface area contributed by atoms with E-state index in [2.05, 4.69) is 5.32 Å². The van der Waals surface area contributed by atoms with Crippen LogP contribution in [0.1, 0.15) is 18.9 Å². The Hall–Kier alpha value is -1.95. The van der Waals surface area contributed by atoms with Gasteiger partial charge in [0, 0.05) is 38.7 Å². The number of carbonyl (C=O) groups excluding carboxylic acids is 1. The lowest BCUT2D eigenvalue weighted by atomic mass is 10.2. The van der Waals surface area contributed by atoms with Gasteiger partial charge in [0.1, 0.15) is 0 Å². The van der Waals surface area contributed by atoms with E-state index in [1.54, 1.807) is 24.1 Å². The Kier molecular flexibility index (Phi) is 5.95. The molecule has 0 bridgehead atoms. The molecule has 0 spiro atoms. The quantitative estimate of drug-likeness (QED) is 0.461. The predicted molar refractivity (Wildman–Crippen MR) is 72.7 cm³/mol. The van der Waals surface area contributed by atoms with E-state index in [9.17, 15) is 14.9 Å². The van der Waals surface area contributed by atoms with Crippen molar-refractivity contribution in [1.82, 2.24) is 10.2 Å². The van der Waals surface area contributed by atoms with E-state index in [-0.39, 0.29) is 11.6 Å². The van der Waals surface area contributed by atoms with Gasteiger partial charge in [-0.3, -0.25) is 14.9 Å². The molecule has 0 unspecified atom stereocenters. The first-order chi connectivity index (χ1) is 9.04. The highest BCUT2D eigenvalue weighted by Crippen LogP contribution is 2.14. The highest BCUT2D eigenvalue weighted by atomic mass is 16.6. The SMILES string of the molecule is CCNCCC(=O)N(C)Cc1cccc([N+](=O)[O-])c1. The Balaban J connectivity index is 2.56. The van der Waals surface area contributed by atoms with Crippen LogP contribution < -0.4 is 5.32 Å². The van der Waals surface area contributed by atoms with Crippen LogP contribution in [0.2, 0.25) is 0 Å². The fourth-order valence-corrected chi connectivity index (χ4v) is 1.69. The number of carbonyl (C=O) groups is 1. The Morgan fingerprint density at radius 2 is 2.21 bits per heavy atom. The molecular weight excluding hydrogens is 246 g/mol. The van der Waals surface area contributed by atoms with Crippen molar-refractivity contribution in [2.45, 2.75) is 19.9 Å². The Morgan fingerprint density at radius 1 is 1.47 bits per heavy atom. The number of hydrogen-bond acceptors (Lipinski definition) is 4. The molecule has 6 heteroatoms. The second kappa shape index (κ2) is 7.48. The van der Waals surface area contributed by atoms with Crippen molar-refractivity contribution in [2.75, 3.05) is 20.1 Å². The predicted octanol–water partition coefficient (Wildman–Crippen LogP) is 1.55. The van der Waals surface area contributed by atoms with Gasteiger partial charge in [0.05, 0.1) is 4.92 Å². The standard InChI is InChI=1S/C13H19N3O3/c1-3-14-8-7-13(17)15(2)10-11-5-4-6-12(9-11)16(18)19/h4-6,9,14H,3,7-8,10H2,1-2H3. The van der Waals surface area contributed by atoms with Crippen molar-refractivity contribution < 1.29 is 9.72 Å². The third kappa shape index (κ3) is 5.05. The van der Waals surface area contributed by atoms with Crippen LogP contribution in [0.15, 0.2) is 24.3 Å². The molecule has 0 radical (unpaired) electrons. The lowest BCUT2D eigenvalue weighted by Crippen LogP contribution is -2.29. The summed E-state index contributed by atoms with van der Waals surface area (Å²) in [4.78, 5) is 23.6. The van der Waals surface area contributed by atoms with Crippen LogP contribution >= 0.6 is 0 Å². The summed E-state index contributed by atoms with van der Waals surface area (Å²) in [7, 11) is 1.70. The van der Waals surface area contributed by atoms with Gasteiger partial charge in [-0.1, -0.05) is 19.1 Å². The zero-order valence-electron chi connectivity index (χ0n) is 11.3. The lowest BCUT2D eigenvalue weighted by molar-refractivity contribution is -0.384. The molecule has 0 aliphatic heterocycles. The molecule has 0 heterocycles. The van der Waals surface area contributed by atoms with Crippen molar-refractivity contribution in [3.63, 3.8) is 0 Å². The third-order valence-corrected chi connectivity index (χ3v) is 2.73. The number of hydrogen-bond donors (Lipinski definition) is 1. The number of rotatable bonds is 7. The molecule has 1 aromatic rings. The molecule has 0 saturated carbocycles. The average molecular weight is 265 g/mol. The summed E-state index contributed by atoms with van der Waals surface area (Å²) < 4.78 is 0. The minimum absolute atomic E-state index is 0.0208. The molecule has 0 aliphatic rings. The van der Waals surface area contributed by atoms with E-state index < -0.39 is 4.92 Å². The van der Waals surface area contributed by atoms with Crippen molar-refractivity contribution in [2.24, 2.45) is 0 Å². The van der Waals surface area contributed by atoms with Gasteiger partial charge in [0.25, 0.3) is 5.69 Å². The highest BCUT2D eigenvalue weighted by molar-refractivity contribution is 5.76. The monoisotopic (exact) mass is 265 g/mol. The van der Waals surface area contributed by atoms with Crippen LogP contribution in [0, 0.1) is 10.1 Å². The summed E-state index contributed by atoms with van der Waals surface area (Å²) in [6, 6.07) is 6.34. The zero-order chi connectivity index (χ0) is 14.3. The molecule has 0 atom stereocenters. The van der Waals surface area contributed by atoms with Crippen molar-refractivity contribution in [3.05, 3.63) is 39.9 Å². The number of non-ortho nitro benzene ring substituents is 1. The van der Waals surface area contributed by atoms with Crippen LogP contribution in [0.25, 0.3) is 0 Å². The Labute approximate surface area is 112 Å². The van der Waals surface area contributed by atoms with Crippen molar-refractivity contribution >= 4 is 11.6 Å². The number of nitro groups is 1. The number of nitrogens with zero attached hydrogens (tertiary/aromatic N) is 2. The molecule has 1 aromatic carbocycles. The molecule has 1 amide bonds. The van der Waals surface area contributed by atoms with Crippen LogP contribution in [0.5, 0.6) is 0 Å². The van der Waals surface area contributed by atoms with Gasteiger partial charge in [0.15, 0.2) is 0 Å². The van der Waals surface area contributed by atoms with E-state index in [0.29, 0.717) is 19.5 Å². The third-order valence-electron chi connectivity index (χ3n) is 2.73. The van der Waals surface area contributed by atoms with E-state index in [1.165, 1.54) is 12.1 Å². The number of amides is 1. The molecule has 0 saturated heterocycles. The second-order valence-corrected chi connectivity index (χ2v) is 4.28. The molecule has 104 valence electrons. The van der Waals surface area contributed by atoms with Gasteiger partial charge in [-0.15, -0.1) is 0 Å². The summed E-state index contributed by atoms with van der Waals surface area (Å²) in [5.41, 5.74) is 0.805. The largest absolute Gasteiger partial charge is 0.341 e. The first-order valence-corrected chi connectivity index (χ1v) is 6.22. The van der Waals surface area contributed by atoms with Crippen LogP contribution in [0.3, 0.4) is 0 Å². The molecular formula is C13H19N3O3. The fraction of sp³-hybridized carbons (Fsp3) is 0.462. The highest BCUT2D eigenvalue weighted by Gasteiger charge is 2.11. The summed E-state index contributed by atoms with van der Waals surface area (Å²) in [5.74, 6) is 0.0208. The molecule has 6 nitrogen and oxygen atoms in total. The maximum Gasteiger partial charge on any atom is 0.269 e. The normalized spacial score (nSPS) is 10.2. The topological polar surface area (TPSA) is 75.5 Å². The van der Waals surface area contributed by atoms with Gasteiger partial charge in [-0.2, -0.15) is 0 Å².